The summed E-state index contributed by atoms with van der Waals surface area (Å²) in [6.45, 7) is 21.6. The Hall–Kier alpha value is -2.34. The van der Waals surface area contributed by atoms with Gasteiger partial charge in [-0.15, -0.1) is 0 Å². The van der Waals surface area contributed by atoms with Gasteiger partial charge in [-0.25, -0.2) is 9.59 Å². The summed E-state index contributed by atoms with van der Waals surface area (Å²) in [4.78, 5) is 26.5. The van der Waals surface area contributed by atoms with Gasteiger partial charge in [0.05, 0.1) is 45.7 Å². The van der Waals surface area contributed by atoms with Crippen LogP contribution in [-0.2, 0) is 48.2 Å². The van der Waals surface area contributed by atoms with Crippen molar-refractivity contribution in [2.45, 2.75) is 129 Å². The topological polar surface area (TPSA) is 112 Å². The molecule has 0 aromatic carbocycles. The predicted molar refractivity (Wildman–Crippen MR) is 162 cm³/mol. The molecule has 226 valence electrons. The average Bonchev–Trinajstić information content (AvgIpc) is 3.36. The summed E-state index contributed by atoms with van der Waals surface area (Å²) in [5.74, 6) is 0. The SMILES string of the molecule is CCc1nn(CCNC(=O)OC(C)(C)C)c(CC)c1SSc1c(CC)nn(CCNC(=O)OC(C)(C)C)c1CC. The van der Waals surface area contributed by atoms with E-state index in [4.69, 9.17) is 19.7 Å². The molecule has 2 aromatic rings. The van der Waals surface area contributed by atoms with E-state index < -0.39 is 23.4 Å². The van der Waals surface area contributed by atoms with Gasteiger partial charge in [0.15, 0.2) is 0 Å². The molecule has 0 spiro atoms. The van der Waals surface area contributed by atoms with Gasteiger partial charge in [-0.05, 0) is 88.8 Å². The zero-order valence-electron chi connectivity index (χ0n) is 25.9. The highest BCUT2D eigenvalue weighted by Gasteiger charge is 2.22. The van der Waals surface area contributed by atoms with Crippen LogP contribution >= 0.6 is 21.6 Å². The van der Waals surface area contributed by atoms with E-state index in [1.165, 1.54) is 9.79 Å². The number of nitrogens with one attached hydrogen (secondary N) is 2. The van der Waals surface area contributed by atoms with Gasteiger partial charge < -0.3 is 20.1 Å². The second-order valence-corrected chi connectivity index (χ2v) is 13.5. The monoisotopic (exact) mass is 596 g/mol. The number of alkyl carbamates (subject to hydrolysis) is 2. The van der Waals surface area contributed by atoms with Crippen LogP contribution in [0.1, 0.15) is 92.0 Å². The van der Waals surface area contributed by atoms with Crippen molar-refractivity contribution in [2.24, 2.45) is 0 Å². The van der Waals surface area contributed by atoms with Crippen molar-refractivity contribution in [3.63, 3.8) is 0 Å². The third-order valence-electron chi connectivity index (χ3n) is 5.69. The van der Waals surface area contributed by atoms with E-state index in [0.29, 0.717) is 26.2 Å². The maximum absolute atomic E-state index is 12.1. The number of aromatic nitrogens is 4. The lowest BCUT2D eigenvalue weighted by molar-refractivity contribution is 0.0514. The van der Waals surface area contributed by atoms with Crippen molar-refractivity contribution in [3.8, 4) is 0 Å². The number of amides is 2. The molecule has 0 aliphatic rings. The summed E-state index contributed by atoms with van der Waals surface area (Å²) < 4.78 is 14.7. The molecule has 0 saturated carbocycles. The minimum absolute atomic E-state index is 0.420. The number of rotatable bonds is 13. The van der Waals surface area contributed by atoms with Crippen molar-refractivity contribution < 1.29 is 19.1 Å². The Bertz CT molecular complexity index is 1040. The molecule has 0 unspecified atom stereocenters. The van der Waals surface area contributed by atoms with E-state index in [1.54, 1.807) is 21.6 Å². The van der Waals surface area contributed by atoms with Crippen LogP contribution in [0.3, 0.4) is 0 Å². The normalized spacial score (nSPS) is 11.9. The van der Waals surface area contributed by atoms with Crippen LogP contribution in [-0.4, -0.2) is 56.0 Å². The molecule has 2 amide bonds. The largest absolute Gasteiger partial charge is 0.444 e. The summed E-state index contributed by atoms with van der Waals surface area (Å²) in [7, 11) is 3.46. The van der Waals surface area contributed by atoms with Gasteiger partial charge in [-0.1, -0.05) is 27.7 Å². The maximum Gasteiger partial charge on any atom is 0.407 e. The molecule has 0 aliphatic carbocycles. The van der Waals surface area contributed by atoms with E-state index in [9.17, 15) is 9.59 Å². The van der Waals surface area contributed by atoms with Crippen molar-refractivity contribution >= 4 is 33.8 Å². The van der Waals surface area contributed by atoms with Crippen molar-refractivity contribution in [3.05, 3.63) is 22.8 Å². The first-order chi connectivity index (χ1) is 18.7. The molecule has 2 N–H and O–H groups in total. The van der Waals surface area contributed by atoms with Gasteiger partial charge >= 0.3 is 12.2 Å². The highest BCUT2D eigenvalue weighted by Crippen LogP contribution is 2.44. The molecule has 2 heterocycles. The molecule has 0 bridgehead atoms. The zero-order chi connectivity index (χ0) is 30.1. The average molecular weight is 597 g/mol. The van der Waals surface area contributed by atoms with Crippen LogP contribution in [0.2, 0.25) is 0 Å². The Morgan fingerprint density at radius 2 is 1.02 bits per heavy atom. The second-order valence-electron chi connectivity index (χ2n) is 11.3. The zero-order valence-corrected chi connectivity index (χ0v) is 27.5. The third kappa shape index (κ3) is 10.2. The van der Waals surface area contributed by atoms with Gasteiger partial charge in [0.2, 0.25) is 0 Å². The fraction of sp³-hybridized carbons (Fsp3) is 0.714. The second kappa shape index (κ2) is 15.0. The van der Waals surface area contributed by atoms with E-state index >= 15 is 0 Å². The minimum Gasteiger partial charge on any atom is -0.444 e. The number of carbonyl (C=O) groups is 2. The van der Waals surface area contributed by atoms with Gasteiger partial charge in [0.1, 0.15) is 11.2 Å². The fourth-order valence-corrected chi connectivity index (χ4v) is 7.10. The molecule has 0 aliphatic heterocycles. The molecule has 12 heteroatoms. The minimum atomic E-state index is -0.530. The lowest BCUT2D eigenvalue weighted by atomic mass is 10.2. The highest BCUT2D eigenvalue weighted by atomic mass is 33.1. The number of hydrogen-bond donors (Lipinski definition) is 2. The summed E-state index contributed by atoms with van der Waals surface area (Å²) in [6.07, 6.45) is 2.46. The van der Waals surface area contributed by atoms with Crippen LogP contribution in [0.4, 0.5) is 9.59 Å². The van der Waals surface area contributed by atoms with Crippen LogP contribution in [0.5, 0.6) is 0 Å². The first-order valence-electron chi connectivity index (χ1n) is 14.2. The molecule has 0 fully saturated rings. The number of nitrogens with zero attached hydrogens (tertiary/aromatic N) is 4. The van der Waals surface area contributed by atoms with Crippen LogP contribution in [0.15, 0.2) is 9.79 Å². The lowest BCUT2D eigenvalue weighted by Crippen LogP contribution is -2.34. The van der Waals surface area contributed by atoms with Crippen molar-refractivity contribution in [2.75, 3.05) is 13.1 Å². The Kier molecular flexibility index (Phi) is 12.7. The summed E-state index contributed by atoms with van der Waals surface area (Å²) in [5.41, 5.74) is 3.36. The lowest BCUT2D eigenvalue weighted by Gasteiger charge is -2.19. The van der Waals surface area contributed by atoms with E-state index in [-0.39, 0.29) is 0 Å². The fourth-order valence-electron chi connectivity index (χ4n) is 4.02. The third-order valence-corrected chi connectivity index (χ3v) is 8.30. The van der Waals surface area contributed by atoms with Gasteiger partial charge in [-0.2, -0.15) is 10.2 Å². The first kappa shape index (κ1) is 33.9. The molecule has 2 rings (SSSR count). The standard InChI is InChI=1S/C28H48N6O4S2/c1-11-19-23(21(13-3)33(31-19)17-15-29-25(35)37-27(5,6)7)39-40-24-20(12-2)32-34(22(24)14-4)18-16-30-26(36)38-28(8,9)10/h11-18H2,1-10H3,(H,29,35)(H,30,36). The predicted octanol–water partition coefficient (Wildman–Crippen LogP) is 6.18. The molecule has 2 aromatic heterocycles. The number of ether oxygens (including phenoxy) is 2. The maximum atomic E-state index is 12.1. The molecule has 0 saturated heterocycles. The molecule has 0 radical (unpaired) electrons. The van der Waals surface area contributed by atoms with Gasteiger partial charge in [-0.3, -0.25) is 9.36 Å². The number of aryl methyl sites for hydroxylation is 2. The van der Waals surface area contributed by atoms with Gasteiger partial charge in [0, 0.05) is 13.1 Å². The van der Waals surface area contributed by atoms with Crippen LogP contribution in [0.25, 0.3) is 0 Å². The molecule has 0 atom stereocenters. The Balaban J connectivity index is 2.14. The van der Waals surface area contributed by atoms with E-state index in [2.05, 4.69) is 38.3 Å². The smallest absolute Gasteiger partial charge is 0.407 e. The Morgan fingerprint density at radius 3 is 1.30 bits per heavy atom. The van der Waals surface area contributed by atoms with Crippen LogP contribution < -0.4 is 10.6 Å². The molecule has 10 nitrogen and oxygen atoms in total. The molecule has 40 heavy (non-hydrogen) atoms. The van der Waals surface area contributed by atoms with Crippen molar-refractivity contribution in [1.82, 2.24) is 30.2 Å². The molecular weight excluding hydrogens is 548 g/mol. The van der Waals surface area contributed by atoms with Crippen molar-refractivity contribution in [1.29, 1.82) is 0 Å². The highest BCUT2D eigenvalue weighted by molar-refractivity contribution is 8.76. The summed E-state index contributed by atoms with van der Waals surface area (Å²) in [5, 5.41) is 15.4. The Labute approximate surface area is 247 Å². The number of hydrogen-bond acceptors (Lipinski definition) is 8. The summed E-state index contributed by atoms with van der Waals surface area (Å²) >= 11 is 0. The molecular formula is C28H48N6O4S2. The van der Waals surface area contributed by atoms with Gasteiger partial charge in [0.25, 0.3) is 0 Å². The van der Waals surface area contributed by atoms with E-state index in [1.807, 2.05) is 50.9 Å². The summed E-state index contributed by atoms with van der Waals surface area (Å²) in [6, 6.07) is 0. The van der Waals surface area contributed by atoms with Crippen LogP contribution in [0, 0.1) is 0 Å². The first-order valence-corrected chi connectivity index (χ1v) is 16.3. The quantitative estimate of drug-likeness (QED) is 0.264. The number of carbonyl (C=O) groups excluding carboxylic acids is 2. The Morgan fingerprint density at radius 1 is 0.675 bits per heavy atom. The van der Waals surface area contributed by atoms with E-state index in [0.717, 1.165) is 48.5 Å².